The predicted molar refractivity (Wildman–Crippen MR) is 98.7 cm³/mol. The van der Waals surface area contributed by atoms with Gasteiger partial charge in [0, 0.05) is 17.4 Å². The van der Waals surface area contributed by atoms with Crippen LogP contribution in [0, 0.1) is 5.82 Å². The highest BCUT2D eigenvalue weighted by Crippen LogP contribution is 2.31. The fourth-order valence-electron chi connectivity index (χ4n) is 3.40. The van der Waals surface area contributed by atoms with Gasteiger partial charge in [-0.05, 0) is 43.2 Å². The first-order valence-corrected chi connectivity index (χ1v) is 8.70. The number of halogens is 1. The number of carbonyl (C=O) groups excluding carboxylic acids is 2. The summed E-state index contributed by atoms with van der Waals surface area (Å²) >= 11 is 0. The van der Waals surface area contributed by atoms with Crippen LogP contribution in [0.3, 0.4) is 0 Å². The molecule has 0 spiro atoms. The number of fused-ring (bicyclic) bond motifs is 1. The number of nitrogens with zero attached hydrogens (tertiary/aromatic N) is 1. The van der Waals surface area contributed by atoms with Crippen LogP contribution in [0.2, 0.25) is 0 Å². The third kappa shape index (κ3) is 4.08. The van der Waals surface area contributed by atoms with Crippen molar-refractivity contribution in [1.29, 1.82) is 0 Å². The number of hydrogen-bond acceptors (Lipinski definition) is 2. The van der Waals surface area contributed by atoms with Gasteiger partial charge >= 0.3 is 0 Å². The first-order valence-electron chi connectivity index (χ1n) is 8.70. The van der Waals surface area contributed by atoms with E-state index in [0.717, 1.165) is 17.0 Å². The lowest BCUT2D eigenvalue weighted by atomic mass is 10.1. The minimum Gasteiger partial charge on any atom is -0.322 e. The zero-order valence-electron chi connectivity index (χ0n) is 15.0. The van der Waals surface area contributed by atoms with Gasteiger partial charge in [0.1, 0.15) is 5.82 Å². The normalized spacial score (nSPS) is 16.9. The minimum absolute atomic E-state index is 0.00138. The molecular weight excluding hydrogens is 333 g/mol. The Balaban J connectivity index is 1.57. The number of anilines is 2. The second-order valence-electron chi connectivity index (χ2n) is 6.81. The molecule has 0 aliphatic carbocycles. The molecule has 2 aromatic rings. The Labute approximate surface area is 152 Å². The van der Waals surface area contributed by atoms with Crippen LogP contribution < -0.4 is 15.1 Å². The van der Waals surface area contributed by atoms with Gasteiger partial charge in [-0.3, -0.25) is 9.59 Å². The lowest BCUT2D eigenvalue weighted by Crippen LogP contribution is -3.11. The molecular formula is C20H23FN3O2+. The molecule has 26 heavy (non-hydrogen) atoms. The number of nitrogens with one attached hydrogen (secondary N) is 2. The van der Waals surface area contributed by atoms with Gasteiger partial charge in [0.25, 0.3) is 11.8 Å². The summed E-state index contributed by atoms with van der Waals surface area (Å²) in [5.41, 5.74) is 2.55. The Morgan fingerprint density at radius 2 is 1.96 bits per heavy atom. The Morgan fingerprint density at radius 3 is 2.73 bits per heavy atom. The smallest absolute Gasteiger partial charge is 0.282 e. The van der Waals surface area contributed by atoms with E-state index >= 15 is 0 Å². The van der Waals surface area contributed by atoms with E-state index in [9.17, 15) is 14.0 Å². The van der Waals surface area contributed by atoms with Crippen LogP contribution in [-0.2, 0) is 16.0 Å². The topological polar surface area (TPSA) is 53.9 Å². The second kappa shape index (κ2) is 7.66. The van der Waals surface area contributed by atoms with E-state index in [4.69, 9.17) is 0 Å². The predicted octanol–water partition coefficient (Wildman–Crippen LogP) is 1.26. The van der Waals surface area contributed by atoms with E-state index in [0.29, 0.717) is 5.69 Å². The lowest BCUT2D eigenvalue weighted by molar-refractivity contribution is -0.862. The summed E-state index contributed by atoms with van der Waals surface area (Å²) in [6, 6.07) is 13.8. The van der Waals surface area contributed by atoms with Gasteiger partial charge < -0.3 is 15.1 Å². The van der Waals surface area contributed by atoms with Gasteiger partial charge in [0.05, 0.1) is 7.05 Å². The molecule has 1 aliphatic rings. The minimum atomic E-state index is -0.402. The first-order chi connectivity index (χ1) is 12.4. The highest BCUT2D eigenvalue weighted by molar-refractivity contribution is 5.97. The largest absolute Gasteiger partial charge is 0.322 e. The van der Waals surface area contributed by atoms with E-state index in [2.05, 4.69) is 5.32 Å². The number of para-hydroxylation sites is 1. The number of likely N-dealkylation sites (N-methyl/N-ethyl adjacent to an activating group) is 1. The van der Waals surface area contributed by atoms with Crippen LogP contribution in [0.5, 0.6) is 0 Å². The lowest BCUT2D eigenvalue weighted by Gasteiger charge is -2.24. The number of benzene rings is 2. The van der Waals surface area contributed by atoms with Crippen molar-refractivity contribution < 1.29 is 18.9 Å². The molecule has 2 atom stereocenters. The molecule has 0 radical (unpaired) electrons. The number of amides is 2. The monoisotopic (exact) mass is 356 g/mol. The molecule has 1 unspecified atom stereocenters. The van der Waals surface area contributed by atoms with Crippen LogP contribution >= 0.6 is 0 Å². The summed E-state index contributed by atoms with van der Waals surface area (Å²) in [5, 5.41) is 2.66. The molecule has 0 saturated heterocycles. The van der Waals surface area contributed by atoms with Gasteiger partial charge in [0.15, 0.2) is 13.1 Å². The fourth-order valence-corrected chi connectivity index (χ4v) is 3.40. The molecule has 0 fully saturated rings. The molecule has 0 aromatic heterocycles. The highest BCUT2D eigenvalue weighted by atomic mass is 19.1. The van der Waals surface area contributed by atoms with Crippen molar-refractivity contribution in [2.75, 3.05) is 30.4 Å². The molecule has 5 nitrogen and oxygen atoms in total. The maximum Gasteiger partial charge on any atom is 0.282 e. The maximum absolute atomic E-state index is 13.2. The molecule has 0 bridgehead atoms. The quantitative estimate of drug-likeness (QED) is 0.847. The molecule has 2 aromatic carbocycles. The standard InChI is InChI=1S/C20H22FN3O2/c1-14-10-15-6-3-4-9-18(15)24(14)20(26)13-23(2)12-19(25)22-17-8-5-7-16(21)11-17/h3-9,11,14H,10,12-13H2,1-2H3,(H,22,25)/p+1/t14-/m1/s1. The Kier molecular flexibility index (Phi) is 5.32. The van der Waals surface area contributed by atoms with Crippen molar-refractivity contribution in [3.05, 3.63) is 59.9 Å². The summed E-state index contributed by atoms with van der Waals surface area (Å²) in [7, 11) is 1.80. The fraction of sp³-hybridized carbons (Fsp3) is 0.300. The number of hydrogen-bond donors (Lipinski definition) is 2. The summed E-state index contributed by atoms with van der Waals surface area (Å²) in [5.74, 6) is -0.658. The SMILES string of the molecule is C[C@@H]1Cc2ccccc2N1C(=O)C[NH+](C)CC(=O)Nc1cccc(F)c1. The van der Waals surface area contributed by atoms with E-state index < -0.39 is 5.82 Å². The molecule has 1 aliphatic heterocycles. The zero-order chi connectivity index (χ0) is 18.7. The molecule has 0 saturated carbocycles. The third-order valence-corrected chi connectivity index (χ3v) is 4.50. The van der Waals surface area contributed by atoms with Crippen LogP contribution in [-0.4, -0.2) is 38.0 Å². The van der Waals surface area contributed by atoms with Crippen molar-refractivity contribution in [3.8, 4) is 0 Å². The summed E-state index contributed by atoms with van der Waals surface area (Å²) < 4.78 is 13.2. The zero-order valence-corrected chi connectivity index (χ0v) is 15.0. The van der Waals surface area contributed by atoms with Crippen LogP contribution in [0.4, 0.5) is 15.8 Å². The van der Waals surface area contributed by atoms with Gasteiger partial charge in [0.2, 0.25) is 0 Å². The first kappa shape index (κ1) is 18.1. The van der Waals surface area contributed by atoms with E-state index in [1.54, 1.807) is 13.1 Å². The highest BCUT2D eigenvalue weighted by Gasteiger charge is 2.32. The van der Waals surface area contributed by atoms with E-state index in [-0.39, 0.29) is 30.9 Å². The van der Waals surface area contributed by atoms with Gasteiger partial charge in [-0.1, -0.05) is 24.3 Å². The van der Waals surface area contributed by atoms with Gasteiger partial charge in [-0.2, -0.15) is 0 Å². The van der Waals surface area contributed by atoms with Crippen molar-refractivity contribution >= 4 is 23.2 Å². The average molecular weight is 356 g/mol. The molecule has 2 amide bonds. The number of carbonyl (C=O) groups is 2. The Morgan fingerprint density at radius 1 is 1.19 bits per heavy atom. The molecule has 6 heteroatoms. The van der Waals surface area contributed by atoms with Crippen molar-refractivity contribution in [1.82, 2.24) is 0 Å². The van der Waals surface area contributed by atoms with Crippen LogP contribution in [0.15, 0.2) is 48.5 Å². The van der Waals surface area contributed by atoms with Gasteiger partial charge in [-0.25, -0.2) is 4.39 Å². The summed E-state index contributed by atoms with van der Waals surface area (Å²) in [6.45, 7) is 2.38. The molecule has 1 heterocycles. The van der Waals surface area contributed by atoms with Gasteiger partial charge in [-0.15, -0.1) is 0 Å². The third-order valence-electron chi connectivity index (χ3n) is 4.50. The van der Waals surface area contributed by atoms with E-state index in [1.807, 2.05) is 36.1 Å². The molecule has 3 rings (SSSR count). The number of rotatable bonds is 5. The second-order valence-corrected chi connectivity index (χ2v) is 6.81. The van der Waals surface area contributed by atoms with Crippen LogP contribution in [0.25, 0.3) is 0 Å². The summed E-state index contributed by atoms with van der Waals surface area (Å²) in [4.78, 5) is 27.5. The number of quaternary nitrogens is 1. The Hall–Kier alpha value is -2.73. The van der Waals surface area contributed by atoms with Crippen LogP contribution in [0.1, 0.15) is 12.5 Å². The van der Waals surface area contributed by atoms with Crippen molar-refractivity contribution in [2.24, 2.45) is 0 Å². The average Bonchev–Trinajstić information content (AvgIpc) is 2.90. The van der Waals surface area contributed by atoms with E-state index in [1.165, 1.54) is 23.8 Å². The maximum atomic E-state index is 13.2. The van der Waals surface area contributed by atoms with Crippen molar-refractivity contribution in [3.63, 3.8) is 0 Å². The van der Waals surface area contributed by atoms with Crippen molar-refractivity contribution in [2.45, 2.75) is 19.4 Å². The summed E-state index contributed by atoms with van der Waals surface area (Å²) in [6.07, 6.45) is 0.848. The molecule has 136 valence electrons. The Bertz CT molecular complexity index is 824. The molecule has 2 N–H and O–H groups in total.